The topological polar surface area (TPSA) is 86.6 Å². The van der Waals surface area contributed by atoms with Crippen LogP contribution in [0.25, 0.3) is 21.5 Å². The quantitative estimate of drug-likeness (QED) is 0.441. The van der Waals surface area contributed by atoms with E-state index in [1.54, 1.807) is 6.33 Å². The van der Waals surface area contributed by atoms with Gasteiger partial charge < -0.3 is 10.0 Å². The van der Waals surface area contributed by atoms with Crippen molar-refractivity contribution in [3.63, 3.8) is 0 Å². The Hall–Kier alpha value is -1.78. The van der Waals surface area contributed by atoms with E-state index in [0.29, 0.717) is 23.4 Å². The number of aliphatic hydroxyl groups is 1. The number of rotatable bonds is 4. The Morgan fingerprint density at radius 2 is 1.97 bits per heavy atom. The number of hydrogen-bond donors (Lipinski definition) is 1. The first-order valence-corrected chi connectivity index (χ1v) is 16.1. The number of benzene rings is 1. The summed E-state index contributed by atoms with van der Waals surface area (Å²) in [4.78, 5) is 12.5. The molecule has 2 saturated carbocycles. The molecular weight excluding hydrogens is 540 g/mol. The molecule has 3 atom stereocenters. The lowest BCUT2D eigenvalue weighted by Crippen LogP contribution is -2.56. The van der Waals surface area contributed by atoms with Crippen molar-refractivity contribution in [1.29, 1.82) is 0 Å². The van der Waals surface area contributed by atoms with Gasteiger partial charge in [-0.1, -0.05) is 11.6 Å². The fourth-order valence-corrected chi connectivity index (χ4v) is 10.0. The Morgan fingerprint density at radius 3 is 2.66 bits per heavy atom. The highest BCUT2D eigenvalue weighted by atomic mass is 35.5. The van der Waals surface area contributed by atoms with Crippen LogP contribution in [-0.2, 0) is 16.6 Å². The molecule has 0 unspecified atom stereocenters. The molecule has 3 aromatic rings. The summed E-state index contributed by atoms with van der Waals surface area (Å²) < 4.78 is 29.5. The molecule has 7 rings (SSSR count). The maximum atomic E-state index is 13.8. The van der Waals surface area contributed by atoms with Gasteiger partial charge in [-0.05, 0) is 88.5 Å². The van der Waals surface area contributed by atoms with E-state index in [9.17, 15) is 13.5 Å². The molecule has 2 aliphatic heterocycles. The molecule has 10 heteroatoms. The van der Waals surface area contributed by atoms with Crippen LogP contribution in [0.5, 0.6) is 0 Å². The van der Waals surface area contributed by atoms with Crippen LogP contribution in [0.2, 0.25) is 5.02 Å². The van der Waals surface area contributed by atoms with E-state index in [1.165, 1.54) is 16.9 Å². The Balaban J connectivity index is 1.37. The first-order chi connectivity index (χ1) is 18.0. The van der Waals surface area contributed by atoms with Crippen LogP contribution in [0.3, 0.4) is 0 Å². The second-order valence-electron chi connectivity index (χ2n) is 12.5. The molecule has 2 aromatic heterocycles. The summed E-state index contributed by atoms with van der Waals surface area (Å²) in [7, 11) is -3.45. The Labute approximate surface area is 232 Å². The van der Waals surface area contributed by atoms with E-state index >= 15 is 0 Å². The van der Waals surface area contributed by atoms with Gasteiger partial charge in [-0.15, -0.1) is 11.3 Å². The second kappa shape index (κ2) is 8.36. The van der Waals surface area contributed by atoms with E-state index in [1.807, 2.05) is 37.2 Å². The van der Waals surface area contributed by atoms with Crippen molar-refractivity contribution in [2.24, 2.45) is 5.92 Å². The zero-order valence-corrected chi connectivity index (χ0v) is 24.3. The maximum Gasteiger partial charge on any atom is 0.219 e. The molecule has 3 fully saturated rings. The lowest BCUT2D eigenvalue weighted by molar-refractivity contribution is 0.125. The highest BCUT2D eigenvalue weighted by Crippen LogP contribution is 2.60. The fourth-order valence-electron chi connectivity index (χ4n) is 7.00. The molecule has 4 heterocycles. The molecule has 0 radical (unpaired) electrons. The average Bonchev–Trinajstić information content (AvgIpc) is 3.31. The van der Waals surface area contributed by atoms with E-state index in [4.69, 9.17) is 16.6 Å². The Bertz CT molecular complexity index is 1560. The maximum absolute atomic E-state index is 13.8. The number of nitrogens with zero attached hydrogens (tertiary/aromatic N) is 4. The van der Waals surface area contributed by atoms with E-state index in [0.717, 1.165) is 70.7 Å². The lowest BCUT2D eigenvalue weighted by Gasteiger charge is -2.46. The molecule has 4 aliphatic rings. The molecule has 0 amide bonds. The average molecular weight is 573 g/mol. The molecule has 2 aliphatic carbocycles. The monoisotopic (exact) mass is 572 g/mol. The van der Waals surface area contributed by atoms with Gasteiger partial charge in [0.05, 0.1) is 33.0 Å². The minimum absolute atomic E-state index is 0.0355. The summed E-state index contributed by atoms with van der Waals surface area (Å²) >= 11 is 8.25. The number of sulfonamides is 1. The molecular formula is C28H33ClN4O3S2. The van der Waals surface area contributed by atoms with E-state index < -0.39 is 14.8 Å². The zero-order valence-electron chi connectivity index (χ0n) is 21.9. The summed E-state index contributed by atoms with van der Waals surface area (Å²) in [6, 6.07) is 6.14. The van der Waals surface area contributed by atoms with Crippen LogP contribution in [0, 0.1) is 5.92 Å². The molecule has 202 valence electrons. The normalized spacial score (nSPS) is 26.4. The zero-order chi connectivity index (χ0) is 26.6. The van der Waals surface area contributed by atoms with Crippen molar-refractivity contribution in [3.05, 3.63) is 40.0 Å². The molecule has 0 bridgehead atoms. The van der Waals surface area contributed by atoms with Gasteiger partial charge in [0.1, 0.15) is 6.33 Å². The van der Waals surface area contributed by atoms with Crippen molar-refractivity contribution in [3.8, 4) is 11.3 Å². The smallest absolute Gasteiger partial charge is 0.219 e. The first kappa shape index (κ1) is 25.2. The van der Waals surface area contributed by atoms with Crippen molar-refractivity contribution in [2.75, 3.05) is 18.0 Å². The van der Waals surface area contributed by atoms with Crippen molar-refractivity contribution < 1.29 is 13.5 Å². The fraction of sp³-hybridized carbons (Fsp3) is 0.571. The van der Waals surface area contributed by atoms with Gasteiger partial charge in [-0.2, -0.15) is 4.31 Å². The highest BCUT2D eigenvalue weighted by Gasteiger charge is 2.59. The predicted molar refractivity (Wildman–Crippen MR) is 152 cm³/mol. The number of thiophene rings is 1. The van der Waals surface area contributed by atoms with Gasteiger partial charge in [-0.25, -0.2) is 18.4 Å². The van der Waals surface area contributed by atoms with Gasteiger partial charge in [-0.3, -0.25) is 0 Å². The number of halogens is 1. The van der Waals surface area contributed by atoms with Crippen LogP contribution >= 0.6 is 22.9 Å². The molecule has 1 aromatic carbocycles. The van der Waals surface area contributed by atoms with Gasteiger partial charge in [0, 0.05) is 40.1 Å². The molecule has 1 N–H and O–H groups in total. The first-order valence-electron chi connectivity index (χ1n) is 13.5. The number of aromatic nitrogens is 2. The van der Waals surface area contributed by atoms with Crippen LogP contribution in [0.15, 0.2) is 24.5 Å². The van der Waals surface area contributed by atoms with Gasteiger partial charge in [0.15, 0.2) is 0 Å². The third-order valence-corrected chi connectivity index (χ3v) is 13.2. The number of hydrogen-bond acceptors (Lipinski definition) is 7. The van der Waals surface area contributed by atoms with E-state index in [-0.39, 0.29) is 18.2 Å². The number of anilines is 1. The summed E-state index contributed by atoms with van der Waals surface area (Å²) in [5.41, 5.74) is 4.78. The molecule has 38 heavy (non-hydrogen) atoms. The van der Waals surface area contributed by atoms with Crippen molar-refractivity contribution in [1.82, 2.24) is 14.3 Å². The second-order valence-corrected chi connectivity index (χ2v) is 16.7. The van der Waals surface area contributed by atoms with Gasteiger partial charge in [0.2, 0.25) is 10.0 Å². The van der Waals surface area contributed by atoms with E-state index in [2.05, 4.69) is 16.0 Å². The summed E-state index contributed by atoms with van der Waals surface area (Å²) in [6.45, 7) is 6.86. The van der Waals surface area contributed by atoms with Crippen LogP contribution < -0.4 is 4.90 Å². The molecule has 1 saturated heterocycles. The van der Waals surface area contributed by atoms with Crippen molar-refractivity contribution >= 4 is 48.9 Å². The SMILES string of the molecule is CC(C)(C)S(=O)(=O)N1C[C@@H](N2C[C@H]3C[C@H]3c3cc(Cl)cc(-c4ncnc5cc(CO)sc45)c32)CC12CCC2. The third-order valence-electron chi connectivity index (χ3n) is 9.23. The summed E-state index contributed by atoms with van der Waals surface area (Å²) in [6.07, 6.45) is 6.53. The number of aliphatic hydroxyl groups excluding tert-OH is 1. The highest BCUT2D eigenvalue weighted by molar-refractivity contribution is 7.90. The number of fused-ring (bicyclic) bond motifs is 4. The minimum atomic E-state index is -3.45. The molecule has 7 nitrogen and oxygen atoms in total. The Kier molecular flexibility index (Phi) is 5.55. The lowest BCUT2D eigenvalue weighted by atomic mass is 9.75. The minimum Gasteiger partial charge on any atom is -0.391 e. The van der Waals surface area contributed by atoms with Crippen molar-refractivity contribution in [2.45, 2.75) is 81.7 Å². The third kappa shape index (κ3) is 3.61. The van der Waals surface area contributed by atoms with Crippen LogP contribution in [0.4, 0.5) is 5.69 Å². The standard InChI is InChI=1S/C28H33ClN4O3S2/c1-27(2,3)38(35,36)33-13-18(11-28(33)5-4-6-28)32-12-16-7-20(16)21-8-17(29)9-22(25(21)32)24-26-23(30-15-31-24)10-19(14-34)37-26/h8-10,15-16,18,20,34H,4-7,11-14H2,1-3H3/t16-,18+,20-/m1/s1. The van der Waals surface area contributed by atoms with Gasteiger partial charge >= 0.3 is 0 Å². The van der Waals surface area contributed by atoms with Gasteiger partial charge in [0.25, 0.3) is 0 Å². The largest absolute Gasteiger partial charge is 0.391 e. The molecule has 1 spiro atoms. The van der Waals surface area contributed by atoms with Crippen LogP contribution in [0.1, 0.15) is 69.2 Å². The van der Waals surface area contributed by atoms with Crippen LogP contribution in [-0.4, -0.2) is 57.2 Å². The summed E-state index contributed by atoms with van der Waals surface area (Å²) in [5.74, 6) is 1.06. The Morgan fingerprint density at radius 1 is 1.18 bits per heavy atom. The predicted octanol–water partition coefficient (Wildman–Crippen LogP) is 5.55. The summed E-state index contributed by atoms with van der Waals surface area (Å²) in [5, 5.41) is 10.5.